The molecule has 1 N–H and O–H groups in total. The lowest BCUT2D eigenvalue weighted by atomic mass is 10.3. The first-order chi connectivity index (χ1) is 9.16. The molecule has 3 aromatic heterocycles. The quantitative estimate of drug-likeness (QED) is 0.754. The monoisotopic (exact) mass is 254 g/mol. The average molecular weight is 254 g/mol. The zero-order chi connectivity index (χ0) is 13.4. The molecule has 0 radical (unpaired) electrons. The van der Waals surface area contributed by atoms with Crippen LogP contribution in [0, 0.1) is 6.92 Å². The minimum atomic E-state index is -1.04. The number of nitrogens with zero attached hydrogens (tertiary/aromatic N) is 4. The molecule has 19 heavy (non-hydrogen) atoms. The number of hydrogen-bond donors (Lipinski definition) is 1. The Kier molecular flexibility index (Phi) is 2.49. The Bertz CT molecular complexity index is 762. The van der Waals surface area contributed by atoms with Gasteiger partial charge in [0.25, 0.3) is 0 Å². The van der Waals surface area contributed by atoms with Crippen LogP contribution in [-0.4, -0.2) is 30.4 Å². The molecule has 0 fully saturated rings. The number of imidazole rings is 1. The van der Waals surface area contributed by atoms with Gasteiger partial charge in [0.15, 0.2) is 5.82 Å². The Hall–Kier alpha value is -2.76. The molecule has 0 amide bonds. The number of aromatic nitrogens is 4. The van der Waals surface area contributed by atoms with Crippen LogP contribution in [0.15, 0.2) is 36.8 Å². The van der Waals surface area contributed by atoms with Crippen molar-refractivity contribution >= 4 is 11.5 Å². The van der Waals surface area contributed by atoms with Gasteiger partial charge < -0.3 is 9.51 Å². The fourth-order valence-electron chi connectivity index (χ4n) is 1.92. The van der Waals surface area contributed by atoms with Crippen molar-refractivity contribution in [1.82, 2.24) is 19.4 Å². The van der Waals surface area contributed by atoms with E-state index in [1.165, 1.54) is 12.4 Å². The van der Waals surface area contributed by atoms with Crippen LogP contribution in [0.2, 0.25) is 0 Å². The van der Waals surface area contributed by atoms with Crippen LogP contribution in [0.5, 0.6) is 0 Å². The highest BCUT2D eigenvalue weighted by molar-refractivity contribution is 5.87. The molecule has 0 atom stereocenters. The second-order valence-corrected chi connectivity index (χ2v) is 4.06. The first-order valence-corrected chi connectivity index (χ1v) is 5.66. The average Bonchev–Trinajstić information content (AvgIpc) is 2.77. The summed E-state index contributed by atoms with van der Waals surface area (Å²) in [6, 6.07) is 5.75. The molecule has 0 saturated carbocycles. The maximum atomic E-state index is 10.8. The predicted octanol–water partition coefficient (Wildman–Crippen LogP) is 1.80. The fourth-order valence-corrected chi connectivity index (χ4v) is 1.92. The Morgan fingerprint density at radius 2 is 2.00 bits per heavy atom. The molecule has 0 bridgehead atoms. The van der Waals surface area contributed by atoms with Gasteiger partial charge in [-0.3, -0.25) is 0 Å². The Morgan fingerprint density at radius 1 is 1.26 bits per heavy atom. The highest BCUT2D eigenvalue weighted by Gasteiger charge is 2.13. The van der Waals surface area contributed by atoms with Crippen LogP contribution in [0.25, 0.3) is 17.0 Å². The van der Waals surface area contributed by atoms with E-state index in [0.717, 1.165) is 11.3 Å². The lowest BCUT2D eigenvalue weighted by Crippen LogP contribution is -1.99. The summed E-state index contributed by atoms with van der Waals surface area (Å²) >= 11 is 0. The molecule has 3 heterocycles. The number of fused-ring (bicyclic) bond motifs is 1. The van der Waals surface area contributed by atoms with Crippen molar-refractivity contribution in [2.24, 2.45) is 0 Å². The molecule has 3 aromatic rings. The number of pyridine rings is 1. The first kappa shape index (κ1) is 11.3. The van der Waals surface area contributed by atoms with E-state index in [9.17, 15) is 4.79 Å². The van der Waals surface area contributed by atoms with E-state index < -0.39 is 5.97 Å². The van der Waals surface area contributed by atoms with Crippen molar-refractivity contribution in [2.45, 2.75) is 6.92 Å². The number of aromatic carboxylic acids is 1. The van der Waals surface area contributed by atoms with Crippen LogP contribution in [-0.2, 0) is 0 Å². The number of rotatable bonds is 2. The summed E-state index contributed by atoms with van der Waals surface area (Å²) < 4.78 is 1.93. The Labute approximate surface area is 108 Å². The van der Waals surface area contributed by atoms with Crippen molar-refractivity contribution < 1.29 is 9.90 Å². The predicted molar refractivity (Wildman–Crippen MR) is 67.9 cm³/mol. The zero-order valence-corrected chi connectivity index (χ0v) is 10.1. The van der Waals surface area contributed by atoms with Crippen molar-refractivity contribution in [2.75, 3.05) is 0 Å². The third-order valence-corrected chi connectivity index (χ3v) is 2.84. The van der Waals surface area contributed by atoms with Gasteiger partial charge in [-0.2, -0.15) is 0 Å². The summed E-state index contributed by atoms with van der Waals surface area (Å²) in [7, 11) is 0. The maximum absolute atomic E-state index is 10.8. The van der Waals surface area contributed by atoms with Crippen molar-refractivity contribution in [3.63, 3.8) is 0 Å². The summed E-state index contributed by atoms with van der Waals surface area (Å²) in [4.78, 5) is 23.3. The van der Waals surface area contributed by atoms with Gasteiger partial charge >= 0.3 is 5.97 Å². The normalized spacial score (nSPS) is 10.8. The van der Waals surface area contributed by atoms with Crippen LogP contribution in [0.3, 0.4) is 0 Å². The van der Waals surface area contributed by atoms with E-state index in [-0.39, 0.29) is 5.56 Å². The molecule has 0 spiro atoms. The Morgan fingerprint density at radius 3 is 2.68 bits per heavy atom. The SMILES string of the molecule is Cc1nc(-c2ncc(C(=O)O)cn2)c2ccccn12. The van der Waals surface area contributed by atoms with Gasteiger partial charge in [-0.05, 0) is 19.1 Å². The summed E-state index contributed by atoms with van der Waals surface area (Å²) in [6.07, 6.45) is 4.48. The van der Waals surface area contributed by atoms with Crippen LogP contribution >= 0.6 is 0 Å². The number of carboxylic acids is 1. The fraction of sp³-hybridized carbons (Fsp3) is 0.0769. The van der Waals surface area contributed by atoms with Gasteiger partial charge in [0, 0.05) is 18.6 Å². The minimum absolute atomic E-state index is 0.0592. The van der Waals surface area contributed by atoms with Gasteiger partial charge in [-0.1, -0.05) is 6.07 Å². The third kappa shape index (κ3) is 1.83. The number of carbonyl (C=O) groups is 1. The number of hydrogen-bond acceptors (Lipinski definition) is 4. The molecule has 0 aromatic carbocycles. The van der Waals surface area contributed by atoms with Crippen LogP contribution < -0.4 is 0 Å². The van der Waals surface area contributed by atoms with Gasteiger partial charge in [-0.15, -0.1) is 0 Å². The summed E-state index contributed by atoms with van der Waals surface area (Å²) in [5.74, 6) is 0.204. The van der Waals surface area contributed by atoms with Gasteiger partial charge in [0.1, 0.15) is 11.5 Å². The first-order valence-electron chi connectivity index (χ1n) is 5.66. The van der Waals surface area contributed by atoms with E-state index in [0.29, 0.717) is 11.5 Å². The summed E-state index contributed by atoms with van der Waals surface area (Å²) in [6.45, 7) is 1.89. The molecule has 0 aliphatic rings. The topological polar surface area (TPSA) is 80.4 Å². The summed E-state index contributed by atoms with van der Waals surface area (Å²) in [5, 5.41) is 8.82. The van der Waals surface area contributed by atoms with Crippen LogP contribution in [0.1, 0.15) is 16.2 Å². The third-order valence-electron chi connectivity index (χ3n) is 2.84. The van der Waals surface area contributed by atoms with Gasteiger partial charge in [-0.25, -0.2) is 19.7 Å². The van der Waals surface area contributed by atoms with Crippen molar-refractivity contribution in [3.05, 3.63) is 48.2 Å². The van der Waals surface area contributed by atoms with Gasteiger partial charge in [0.05, 0.1) is 11.1 Å². The molecule has 6 heteroatoms. The molecule has 0 aliphatic heterocycles. The van der Waals surface area contributed by atoms with Crippen molar-refractivity contribution in [1.29, 1.82) is 0 Å². The molecule has 0 aliphatic carbocycles. The van der Waals surface area contributed by atoms with E-state index >= 15 is 0 Å². The largest absolute Gasteiger partial charge is 0.478 e. The second kappa shape index (κ2) is 4.16. The number of aryl methyl sites for hydroxylation is 1. The lowest BCUT2D eigenvalue weighted by molar-refractivity contribution is 0.0696. The highest BCUT2D eigenvalue weighted by atomic mass is 16.4. The molecular formula is C13H10N4O2. The van der Waals surface area contributed by atoms with Gasteiger partial charge in [0.2, 0.25) is 0 Å². The molecule has 3 rings (SSSR count). The number of carboxylic acid groups (broad SMARTS) is 1. The van der Waals surface area contributed by atoms with E-state index in [1.807, 2.05) is 35.7 Å². The standard InChI is InChI=1S/C13H10N4O2/c1-8-16-11(10-4-2-3-5-17(8)10)12-14-6-9(7-15-12)13(18)19/h2-7H,1H3,(H,18,19). The molecule has 6 nitrogen and oxygen atoms in total. The van der Waals surface area contributed by atoms with E-state index in [1.54, 1.807) is 0 Å². The smallest absolute Gasteiger partial charge is 0.338 e. The molecule has 0 unspecified atom stereocenters. The molecule has 0 saturated heterocycles. The lowest BCUT2D eigenvalue weighted by Gasteiger charge is -1.98. The van der Waals surface area contributed by atoms with E-state index in [4.69, 9.17) is 5.11 Å². The van der Waals surface area contributed by atoms with Crippen molar-refractivity contribution in [3.8, 4) is 11.5 Å². The maximum Gasteiger partial charge on any atom is 0.338 e. The summed E-state index contributed by atoms with van der Waals surface area (Å²) in [5.41, 5.74) is 1.60. The second-order valence-electron chi connectivity index (χ2n) is 4.06. The minimum Gasteiger partial charge on any atom is -0.478 e. The Balaban J connectivity index is 2.16. The zero-order valence-electron chi connectivity index (χ0n) is 10.1. The van der Waals surface area contributed by atoms with Crippen LogP contribution in [0.4, 0.5) is 0 Å². The highest BCUT2D eigenvalue weighted by Crippen LogP contribution is 2.21. The molecule has 94 valence electrons. The van der Waals surface area contributed by atoms with E-state index in [2.05, 4.69) is 15.0 Å². The molecular weight excluding hydrogens is 244 g/mol.